The average molecular weight is 411 g/mol. The molecule has 0 fully saturated rings. The average Bonchev–Trinajstić information content (AvgIpc) is 2.69. The topological polar surface area (TPSA) is 111 Å². The van der Waals surface area contributed by atoms with Crippen LogP contribution in [0.3, 0.4) is 0 Å². The minimum absolute atomic E-state index is 0.0438. The van der Waals surface area contributed by atoms with Crippen molar-refractivity contribution in [3.8, 4) is 11.6 Å². The Kier molecular flexibility index (Phi) is 5.95. The molecule has 0 aliphatic rings. The minimum atomic E-state index is -3.78. The van der Waals surface area contributed by atoms with Gasteiger partial charge in [-0.3, -0.25) is 4.79 Å². The van der Waals surface area contributed by atoms with Gasteiger partial charge in [0.05, 0.1) is 4.90 Å². The number of nitrogens with one attached hydrogen (secondary N) is 1. The summed E-state index contributed by atoms with van der Waals surface area (Å²) in [7, 11) is -3.78. The molecule has 8 heteroatoms. The molecule has 3 N–H and O–H groups in total. The highest BCUT2D eigenvalue weighted by atomic mass is 32.2. The number of rotatable bonds is 6. The van der Waals surface area contributed by atoms with Crippen molar-refractivity contribution >= 4 is 15.9 Å². The Hall–Kier alpha value is -3.23. The molecule has 1 amide bonds. The van der Waals surface area contributed by atoms with E-state index < -0.39 is 10.0 Å². The van der Waals surface area contributed by atoms with Gasteiger partial charge in [0, 0.05) is 24.4 Å². The molecule has 1 aromatic heterocycles. The molecular weight excluding hydrogens is 390 g/mol. The van der Waals surface area contributed by atoms with E-state index in [1.165, 1.54) is 24.3 Å². The van der Waals surface area contributed by atoms with Gasteiger partial charge in [-0.2, -0.15) is 0 Å². The highest BCUT2D eigenvalue weighted by molar-refractivity contribution is 7.89. The number of carbonyl (C=O) groups is 1. The number of aryl methyl sites for hydroxylation is 2. The first-order valence-electron chi connectivity index (χ1n) is 8.83. The quantitative estimate of drug-likeness (QED) is 0.647. The van der Waals surface area contributed by atoms with Gasteiger partial charge in [0.1, 0.15) is 5.75 Å². The SMILES string of the molecule is Cc1ccc(C)c(Oc2ccc(CNC(=O)c3ccc(S(N)(=O)=O)cc3)cn2)c1. The number of nitrogens with zero attached hydrogens (tertiary/aromatic N) is 1. The first-order chi connectivity index (χ1) is 13.7. The Morgan fingerprint density at radius 2 is 1.79 bits per heavy atom. The first kappa shape index (κ1) is 20.5. The number of ether oxygens (including phenoxy) is 1. The van der Waals surface area contributed by atoms with E-state index in [1.807, 2.05) is 38.1 Å². The lowest BCUT2D eigenvalue weighted by Crippen LogP contribution is -2.23. The summed E-state index contributed by atoms with van der Waals surface area (Å²) in [6.07, 6.45) is 1.63. The Bertz CT molecular complexity index is 1130. The van der Waals surface area contributed by atoms with Crippen LogP contribution in [0.25, 0.3) is 0 Å². The van der Waals surface area contributed by atoms with E-state index >= 15 is 0 Å². The van der Waals surface area contributed by atoms with Crippen LogP contribution < -0.4 is 15.2 Å². The zero-order valence-corrected chi connectivity index (χ0v) is 16.9. The van der Waals surface area contributed by atoms with Crippen LogP contribution in [-0.4, -0.2) is 19.3 Å². The van der Waals surface area contributed by atoms with Crippen molar-refractivity contribution in [1.82, 2.24) is 10.3 Å². The van der Waals surface area contributed by atoms with E-state index in [4.69, 9.17) is 9.88 Å². The molecule has 0 saturated heterocycles. The van der Waals surface area contributed by atoms with E-state index in [0.717, 1.165) is 22.4 Å². The van der Waals surface area contributed by atoms with Crippen LogP contribution in [0.1, 0.15) is 27.0 Å². The van der Waals surface area contributed by atoms with E-state index in [0.29, 0.717) is 11.4 Å². The normalized spacial score (nSPS) is 11.1. The molecule has 3 aromatic rings. The maximum atomic E-state index is 12.2. The van der Waals surface area contributed by atoms with Gasteiger partial charge in [0.2, 0.25) is 15.9 Å². The van der Waals surface area contributed by atoms with E-state index in [1.54, 1.807) is 12.3 Å². The number of aromatic nitrogens is 1. The van der Waals surface area contributed by atoms with E-state index in [9.17, 15) is 13.2 Å². The van der Waals surface area contributed by atoms with Crippen molar-refractivity contribution in [2.45, 2.75) is 25.3 Å². The molecule has 3 rings (SSSR count). The van der Waals surface area contributed by atoms with Crippen LogP contribution >= 0.6 is 0 Å². The molecule has 0 spiro atoms. The number of nitrogens with two attached hydrogens (primary N) is 1. The predicted molar refractivity (Wildman–Crippen MR) is 109 cm³/mol. The van der Waals surface area contributed by atoms with Crippen LogP contribution in [0.2, 0.25) is 0 Å². The van der Waals surface area contributed by atoms with Crippen LogP contribution in [0.15, 0.2) is 65.7 Å². The van der Waals surface area contributed by atoms with Crippen LogP contribution in [0.5, 0.6) is 11.6 Å². The molecule has 0 bridgehead atoms. The lowest BCUT2D eigenvalue weighted by atomic mass is 10.1. The molecule has 0 aliphatic carbocycles. The molecule has 7 nitrogen and oxygen atoms in total. The van der Waals surface area contributed by atoms with Gasteiger partial charge in [-0.15, -0.1) is 0 Å². The monoisotopic (exact) mass is 411 g/mol. The third kappa shape index (κ3) is 5.40. The summed E-state index contributed by atoms with van der Waals surface area (Å²) in [6.45, 7) is 4.23. The number of hydrogen-bond acceptors (Lipinski definition) is 5. The van der Waals surface area contributed by atoms with Gasteiger partial charge in [-0.05, 0) is 60.9 Å². The molecule has 2 aromatic carbocycles. The molecule has 0 unspecified atom stereocenters. The zero-order valence-electron chi connectivity index (χ0n) is 16.0. The highest BCUT2D eigenvalue weighted by Crippen LogP contribution is 2.24. The Labute approximate surface area is 169 Å². The second-order valence-corrected chi connectivity index (χ2v) is 8.19. The van der Waals surface area contributed by atoms with Gasteiger partial charge in [-0.1, -0.05) is 18.2 Å². The largest absolute Gasteiger partial charge is 0.439 e. The number of carbonyl (C=O) groups excluding carboxylic acids is 1. The summed E-state index contributed by atoms with van der Waals surface area (Å²) in [6, 6.07) is 14.9. The lowest BCUT2D eigenvalue weighted by molar-refractivity contribution is 0.0951. The van der Waals surface area contributed by atoms with Crippen molar-refractivity contribution in [2.75, 3.05) is 0 Å². The molecule has 150 valence electrons. The number of pyridine rings is 1. The zero-order chi connectivity index (χ0) is 21.0. The molecule has 0 saturated carbocycles. The van der Waals surface area contributed by atoms with Crippen molar-refractivity contribution in [3.05, 3.63) is 83.0 Å². The van der Waals surface area contributed by atoms with Gasteiger partial charge >= 0.3 is 0 Å². The number of hydrogen-bond donors (Lipinski definition) is 2. The first-order valence-corrected chi connectivity index (χ1v) is 10.4. The standard InChI is InChI=1S/C21H21N3O4S/c1-14-3-4-15(2)19(11-14)28-20-10-5-16(12-23-20)13-24-21(25)17-6-8-18(9-7-17)29(22,26)27/h3-12H,13H2,1-2H3,(H,24,25)(H2,22,26,27). The minimum Gasteiger partial charge on any atom is -0.439 e. The number of benzene rings is 2. The number of primary sulfonamides is 1. The van der Waals surface area contributed by atoms with Crippen LogP contribution in [0, 0.1) is 13.8 Å². The molecular formula is C21H21N3O4S. The van der Waals surface area contributed by atoms with Crippen LogP contribution in [-0.2, 0) is 16.6 Å². The van der Waals surface area contributed by atoms with Crippen molar-refractivity contribution in [3.63, 3.8) is 0 Å². The Morgan fingerprint density at radius 1 is 1.07 bits per heavy atom. The number of sulfonamides is 1. The molecule has 29 heavy (non-hydrogen) atoms. The van der Waals surface area contributed by atoms with E-state index in [2.05, 4.69) is 10.3 Å². The third-order valence-corrected chi connectivity index (χ3v) is 5.18. The number of amides is 1. The van der Waals surface area contributed by atoms with Crippen molar-refractivity contribution in [1.29, 1.82) is 0 Å². The van der Waals surface area contributed by atoms with Gasteiger partial charge in [0.15, 0.2) is 0 Å². The lowest BCUT2D eigenvalue weighted by Gasteiger charge is -2.10. The third-order valence-electron chi connectivity index (χ3n) is 4.25. The molecule has 0 atom stereocenters. The fourth-order valence-electron chi connectivity index (χ4n) is 2.59. The summed E-state index contributed by atoms with van der Waals surface area (Å²) < 4.78 is 28.3. The van der Waals surface area contributed by atoms with Crippen LogP contribution in [0.4, 0.5) is 0 Å². The predicted octanol–water partition coefficient (Wildman–Crippen LogP) is 3.07. The van der Waals surface area contributed by atoms with Gasteiger partial charge in [0.25, 0.3) is 5.91 Å². The molecule has 0 aliphatic heterocycles. The second-order valence-electron chi connectivity index (χ2n) is 6.63. The smallest absolute Gasteiger partial charge is 0.251 e. The van der Waals surface area contributed by atoms with Crippen molar-refractivity contribution in [2.24, 2.45) is 5.14 Å². The second kappa shape index (κ2) is 8.42. The fraction of sp³-hybridized carbons (Fsp3) is 0.143. The van der Waals surface area contributed by atoms with Gasteiger partial charge in [-0.25, -0.2) is 18.5 Å². The summed E-state index contributed by atoms with van der Waals surface area (Å²) in [5.74, 6) is 0.885. The summed E-state index contributed by atoms with van der Waals surface area (Å²) in [5.41, 5.74) is 3.25. The Morgan fingerprint density at radius 3 is 2.41 bits per heavy atom. The van der Waals surface area contributed by atoms with Crippen molar-refractivity contribution < 1.29 is 17.9 Å². The maximum absolute atomic E-state index is 12.2. The molecule has 1 heterocycles. The highest BCUT2D eigenvalue weighted by Gasteiger charge is 2.10. The fourth-order valence-corrected chi connectivity index (χ4v) is 3.10. The maximum Gasteiger partial charge on any atom is 0.251 e. The summed E-state index contributed by atoms with van der Waals surface area (Å²) >= 11 is 0. The van der Waals surface area contributed by atoms with E-state index in [-0.39, 0.29) is 17.3 Å². The summed E-state index contributed by atoms with van der Waals surface area (Å²) in [5, 5.41) is 7.81. The Balaban J connectivity index is 1.60. The van der Waals surface area contributed by atoms with Gasteiger partial charge < -0.3 is 10.1 Å². The molecule has 0 radical (unpaired) electrons. The summed E-state index contributed by atoms with van der Waals surface area (Å²) in [4.78, 5) is 16.5.